The van der Waals surface area contributed by atoms with Crippen molar-refractivity contribution < 1.29 is 9.53 Å². The highest BCUT2D eigenvalue weighted by molar-refractivity contribution is 5.76. The van der Waals surface area contributed by atoms with Crippen LogP contribution in [0.15, 0.2) is 29.4 Å². The lowest BCUT2D eigenvalue weighted by Crippen LogP contribution is -2.55. The molecular formula is C13H19N3O2. The third-order valence-electron chi connectivity index (χ3n) is 3.11. The summed E-state index contributed by atoms with van der Waals surface area (Å²) in [5, 5.41) is 0. The molecule has 1 aliphatic heterocycles. The molecule has 2 rings (SSSR count). The SMILES string of the molecule is Cn1cccc/c1=N\C(=O)N1CCOCC1(C)C. The van der Waals surface area contributed by atoms with Gasteiger partial charge in [-0.05, 0) is 26.0 Å². The number of rotatable bonds is 0. The van der Waals surface area contributed by atoms with Crippen LogP contribution >= 0.6 is 0 Å². The van der Waals surface area contributed by atoms with Crippen molar-refractivity contribution in [2.24, 2.45) is 12.0 Å². The second-order valence-corrected chi connectivity index (χ2v) is 5.08. The van der Waals surface area contributed by atoms with Gasteiger partial charge in [0.05, 0.1) is 18.8 Å². The van der Waals surface area contributed by atoms with E-state index in [2.05, 4.69) is 4.99 Å². The molecule has 0 spiro atoms. The van der Waals surface area contributed by atoms with Gasteiger partial charge in [0.2, 0.25) is 0 Å². The molecule has 0 unspecified atom stereocenters. The number of carbonyl (C=O) groups is 1. The molecule has 0 aromatic carbocycles. The third kappa shape index (κ3) is 2.61. The van der Waals surface area contributed by atoms with Crippen LogP contribution in [0.25, 0.3) is 0 Å². The van der Waals surface area contributed by atoms with E-state index < -0.39 is 0 Å². The van der Waals surface area contributed by atoms with Crippen LogP contribution < -0.4 is 5.49 Å². The summed E-state index contributed by atoms with van der Waals surface area (Å²) in [5.41, 5.74) is 0.358. The lowest BCUT2D eigenvalue weighted by Gasteiger charge is -2.40. The standard InChI is InChI=1S/C13H19N3O2/c1-13(2)10-18-9-8-16(13)12(17)14-11-6-4-5-7-15(11)3/h4-7H,8-10H2,1-3H3/b14-11+. The summed E-state index contributed by atoms with van der Waals surface area (Å²) >= 11 is 0. The first-order valence-corrected chi connectivity index (χ1v) is 6.06. The summed E-state index contributed by atoms with van der Waals surface area (Å²) in [5.74, 6) is 0. The first-order valence-electron chi connectivity index (χ1n) is 6.06. The topological polar surface area (TPSA) is 46.8 Å². The minimum Gasteiger partial charge on any atom is -0.377 e. The van der Waals surface area contributed by atoms with Gasteiger partial charge in [-0.1, -0.05) is 6.07 Å². The number of hydrogen-bond donors (Lipinski definition) is 0. The van der Waals surface area contributed by atoms with Gasteiger partial charge in [-0.2, -0.15) is 4.99 Å². The van der Waals surface area contributed by atoms with Crippen LogP contribution in [-0.4, -0.2) is 40.8 Å². The van der Waals surface area contributed by atoms with Gasteiger partial charge in [0.1, 0.15) is 5.49 Å². The molecule has 1 aliphatic rings. The van der Waals surface area contributed by atoms with Gasteiger partial charge in [-0.3, -0.25) is 0 Å². The Hall–Kier alpha value is -1.62. The number of carbonyl (C=O) groups excluding carboxylic acids is 1. The Morgan fingerprint density at radius 2 is 2.22 bits per heavy atom. The van der Waals surface area contributed by atoms with Crippen molar-refractivity contribution in [3.05, 3.63) is 29.9 Å². The van der Waals surface area contributed by atoms with Crippen LogP contribution in [0, 0.1) is 0 Å². The zero-order valence-corrected chi connectivity index (χ0v) is 11.1. The fourth-order valence-electron chi connectivity index (χ4n) is 2.00. The maximum absolute atomic E-state index is 12.2. The number of morpholine rings is 1. The third-order valence-corrected chi connectivity index (χ3v) is 3.11. The van der Waals surface area contributed by atoms with E-state index >= 15 is 0 Å². The molecule has 0 saturated carbocycles. The molecule has 2 heterocycles. The van der Waals surface area contributed by atoms with Gasteiger partial charge in [-0.15, -0.1) is 0 Å². The second kappa shape index (κ2) is 4.94. The molecule has 0 bridgehead atoms. The first kappa shape index (κ1) is 12.8. The molecule has 1 saturated heterocycles. The van der Waals surface area contributed by atoms with Crippen molar-refractivity contribution in [3.63, 3.8) is 0 Å². The number of amides is 2. The van der Waals surface area contributed by atoms with Gasteiger partial charge >= 0.3 is 6.03 Å². The van der Waals surface area contributed by atoms with Crippen molar-refractivity contribution in [1.29, 1.82) is 0 Å². The van der Waals surface area contributed by atoms with E-state index in [1.807, 2.05) is 49.9 Å². The molecule has 0 aliphatic carbocycles. The summed E-state index contributed by atoms with van der Waals surface area (Å²) < 4.78 is 7.22. The Labute approximate surface area is 107 Å². The number of nitrogens with zero attached hydrogens (tertiary/aromatic N) is 3. The molecule has 2 amide bonds. The number of pyridine rings is 1. The van der Waals surface area contributed by atoms with Crippen LogP contribution in [0.4, 0.5) is 4.79 Å². The average Bonchev–Trinajstić information content (AvgIpc) is 2.31. The second-order valence-electron chi connectivity index (χ2n) is 5.08. The Morgan fingerprint density at radius 3 is 2.89 bits per heavy atom. The quantitative estimate of drug-likeness (QED) is 0.692. The van der Waals surface area contributed by atoms with E-state index in [4.69, 9.17) is 4.74 Å². The number of aromatic nitrogens is 1. The summed E-state index contributed by atoms with van der Waals surface area (Å²) in [4.78, 5) is 18.2. The van der Waals surface area contributed by atoms with Crippen molar-refractivity contribution in [1.82, 2.24) is 9.47 Å². The fourth-order valence-corrected chi connectivity index (χ4v) is 2.00. The minimum atomic E-state index is -0.299. The Balaban J connectivity index is 2.27. The van der Waals surface area contributed by atoms with E-state index in [-0.39, 0.29) is 11.6 Å². The molecule has 0 N–H and O–H groups in total. The molecule has 1 fully saturated rings. The van der Waals surface area contributed by atoms with Crippen LogP contribution in [0.5, 0.6) is 0 Å². The van der Waals surface area contributed by atoms with E-state index in [1.54, 1.807) is 4.90 Å². The van der Waals surface area contributed by atoms with Gasteiger partial charge in [-0.25, -0.2) is 4.79 Å². The van der Waals surface area contributed by atoms with Crippen molar-refractivity contribution in [3.8, 4) is 0 Å². The number of urea groups is 1. The summed E-state index contributed by atoms with van der Waals surface area (Å²) in [6.07, 6.45) is 1.87. The van der Waals surface area contributed by atoms with E-state index in [9.17, 15) is 4.79 Å². The molecule has 5 heteroatoms. The molecule has 5 nitrogen and oxygen atoms in total. The summed E-state index contributed by atoms with van der Waals surface area (Å²) in [6, 6.07) is 5.40. The van der Waals surface area contributed by atoms with Crippen molar-refractivity contribution >= 4 is 6.03 Å². The largest absolute Gasteiger partial charge is 0.377 e. The zero-order valence-electron chi connectivity index (χ0n) is 11.1. The number of aryl methyl sites for hydroxylation is 1. The highest BCUT2D eigenvalue weighted by atomic mass is 16.5. The zero-order chi connectivity index (χ0) is 13.2. The predicted molar refractivity (Wildman–Crippen MR) is 68.0 cm³/mol. The maximum atomic E-state index is 12.2. The van der Waals surface area contributed by atoms with Gasteiger partial charge in [0.25, 0.3) is 0 Å². The number of ether oxygens (including phenoxy) is 1. The molecular weight excluding hydrogens is 230 g/mol. The molecule has 18 heavy (non-hydrogen) atoms. The highest BCUT2D eigenvalue weighted by Crippen LogP contribution is 2.19. The lowest BCUT2D eigenvalue weighted by atomic mass is 10.0. The van der Waals surface area contributed by atoms with Crippen LogP contribution in [0.1, 0.15) is 13.8 Å². The van der Waals surface area contributed by atoms with Crippen LogP contribution in [0.2, 0.25) is 0 Å². The highest BCUT2D eigenvalue weighted by Gasteiger charge is 2.33. The smallest absolute Gasteiger partial charge is 0.346 e. The average molecular weight is 249 g/mol. The Bertz CT molecular complexity index is 505. The lowest BCUT2D eigenvalue weighted by molar-refractivity contribution is -0.0260. The molecule has 1 aromatic rings. The monoisotopic (exact) mass is 249 g/mol. The predicted octanol–water partition coefficient (Wildman–Crippen LogP) is 1.16. The molecule has 0 atom stereocenters. The normalized spacial score (nSPS) is 19.9. The van der Waals surface area contributed by atoms with E-state index in [0.717, 1.165) is 0 Å². The van der Waals surface area contributed by atoms with E-state index in [1.165, 1.54) is 0 Å². The van der Waals surface area contributed by atoms with Gasteiger partial charge < -0.3 is 14.2 Å². The minimum absolute atomic E-state index is 0.204. The molecule has 1 aromatic heterocycles. The molecule has 0 radical (unpaired) electrons. The summed E-state index contributed by atoms with van der Waals surface area (Å²) in [7, 11) is 1.87. The van der Waals surface area contributed by atoms with Gasteiger partial charge in [0, 0.05) is 19.8 Å². The van der Waals surface area contributed by atoms with Gasteiger partial charge in [0.15, 0.2) is 0 Å². The van der Waals surface area contributed by atoms with Crippen molar-refractivity contribution in [2.75, 3.05) is 19.8 Å². The Morgan fingerprint density at radius 1 is 1.44 bits per heavy atom. The van der Waals surface area contributed by atoms with Crippen molar-refractivity contribution in [2.45, 2.75) is 19.4 Å². The van der Waals surface area contributed by atoms with Crippen LogP contribution in [-0.2, 0) is 11.8 Å². The first-order chi connectivity index (χ1) is 8.50. The fraction of sp³-hybridized carbons (Fsp3) is 0.538. The number of hydrogen-bond acceptors (Lipinski definition) is 2. The molecule has 98 valence electrons. The van der Waals surface area contributed by atoms with Crippen LogP contribution in [0.3, 0.4) is 0 Å². The van der Waals surface area contributed by atoms with E-state index in [0.29, 0.717) is 25.2 Å². The Kier molecular flexibility index (Phi) is 3.52. The summed E-state index contributed by atoms with van der Waals surface area (Å²) in [6.45, 7) is 5.70. The maximum Gasteiger partial charge on any atom is 0.346 e.